The molecular weight excluding hydrogens is 430 g/mol. The van der Waals surface area contributed by atoms with Gasteiger partial charge in [-0.25, -0.2) is 4.79 Å². The van der Waals surface area contributed by atoms with Crippen molar-refractivity contribution in [1.29, 1.82) is 0 Å². The molecule has 1 fully saturated rings. The molecule has 5 rings (SSSR count). The number of carbonyl (C=O) groups is 1. The largest absolute Gasteiger partial charge is 0.467 e. The lowest BCUT2D eigenvalue weighted by Crippen LogP contribution is -2.50. The minimum Gasteiger partial charge on any atom is -0.467 e. The third-order valence-electron chi connectivity index (χ3n) is 5.70. The van der Waals surface area contributed by atoms with Crippen LogP contribution in [0.2, 0.25) is 0 Å². The maximum Gasteiger partial charge on any atom is 0.321 e. The number of methoxy groups -OCH3 is 1. The Balaban J connectivity index is 1.20. The number of carbonyl (C=O) groups excluding carboxylic acids is 1. The Morgan fingerprint density at radius 1 is 0.824 bits per heavy atom. The van der Waals surface area contributed by atoms with E-state index in [1.807, 2.05) is 83.8 Å². The number of urea groups is 1. The van der Waals surface area contributed by atoms with Crippen LogP contribution < -0.4 is 19.7 Å². The highest BCUT2D eigenvalue weighted by Gasteiger charge is 2.24. The number of fused-ring (bicyclic) bond motifs is 1. The van der Waals surface area contributed by atoms with Gasteiger partial charge in [-0.3, -0.25) is 0 Å². The molecule has 34 heavy (non-hydrogen) atoms. The summed E-state index contributed by atoms with van der Waals surface area (Å²) in [6, 6.07) is 25.0. The van der Waals surface area contributed by atoms with E-state index in [1.165, 1.54) is 0 Å². The number of benzene rings is 3. The molecule has 0 bridgehead atoms. The van der Waals surface area contributed by atoms with Crippen LogP contribution in [0.4, 0.5) is 16.3 Å². The Bertz CT molecular complexity index is 1270. The molecule has 1 aliphatic heterocycles. The summed E-state index contributed by atoms with van der Waals surface area (Å²) in [5.41, 5.74) is 1.56. The molecule has 172 valence electrons. The smallest absolute Gasteiger partial charge is 0.321 e. The Morgan fingerprint density at radius 2 is 1.50 bits per heavy atom. The van der Waals surface area contributed by atoms with Crippen LogP contribution in [0.15, 0.2) is 78.9 Å². The Kier molecular flexibility index (Phi) is 6.11. The molecule has 3 aromatic carbocycles. The average Bonchev–Trinajstić information content (AvgIpc) is 2.90. The SMILES string of the molecule is COc1nc(N2CCN(C(=O)Nc3ccc(Oc4ccccc4)cc3)CC2)c2ccccc2n1. The van der Waals surface area contributed by atoms with Gasteiger partial charge in [-0.05, 0) is 48.5 Å². The zero-order valence-electron chi connectivity index (χ0n) is 18.8. The van der Waals surface area contributed by atoms with E-state index in [-0.39, 0.29) is 6.03 Å². The first kappa shape index (κ1) is 21.5. The number of anilines is 2. The predicted octanol–water partition coefficient (Wildman–Crippen LogP) is 4.78. The van der Waals surface area contributed by atoms with Gasteiger partial charge in [-0.1, -0.05) is 30.3 Å². The number of para-hydroxylation sites is 2. The van der Waals surface area contributed by atoms with Gasteiger partial charge in [0.25, 0.3) is 0 Å². The molecule has 0 aliphatic carbocycles. The quantitative estimate of drug-likeness (QED) is 0.466. The molecule has 0 radical (unpaired) electrons. The molecular formula is C26H25N5O3. The summed E-state index contributed by atoms with van der Waals surface area (Å²) in [6.07, 6.45) is 0. The van der Waals surface area contributed by atoms with E-state index in [2.05, 4.69) is 20.2 Å². The highest BCUT2D eigenvalue weighted by Crippen LogP contribution is 2.27. The van der Waals surface area contributed by atoms with Crippen LogP contribution >= 0.6 is 0 Å². The van der Waals surface area contributed by atoms with Crippen molar-refractivity contribution >= 4 is 28.4 Å². The molecule has 0 unspecified atom stereocenters. The second-order valence-corrected chi connectivity index (χ2v) is 7.89. The topological polar surface area (TPSA) is 79.8 Å². The van der Waals surface area contributed by atoms with Gasteiger partial charge in [0.2, 0.25) is 0 Å². The Morgan fingerprint density at radius 3 is 2.24 bits per heavy atom. The zero-order chi connectivity index (χ0) is 23.3. The van der Waals surface area contributed by atoms with Gasteiger partial charge in [0.1, 0.15) is 17.3 Å². The van der Waals surface area contributed by atoms with E-state index in [0.29, 0.717) is 37.9 Å². The fourth-order valence-electron chi connectivity index (χ4n) is 3.93. The molecule has 0 atom stereocenters. The molecule has 8 nitrogen and oxygen atoms in total. The summed E-state index contributed by atoms with van der Waals surface area (Å²) in [5.74, 6) is 2.31. The molecule has 1 aliphatic rings. The van der Waals surface area contributed by atoms with Gasteiger partial charge in [-0.15, -0.1) is 0 Å². The van der Waals surface area contributed by atoms with Crippen LogP contribution in [0, 0.1) is 0 Å². The first-order chi connectivity index (χ1) is 16.7. The predicted molar refractivity (Wildman–Crippen MR) is 132 cm³/mol. The normalized spacial score (nSPS) is 13.6. The molecule has 2 heterocycles. The molecule has 1 saturated heterocycles. The third kappa shape index (κ3) is 4.71. The molecule has 4 aromatic rings. The number of piperazine rings is 1. The summed E-state index contributed by atoms with van der Waals surface area (Å²) in [7, 11) is 1.57. The summed E-state index contributed by atoms with van der Waals surface area (Å²) in [4.78, 5) is 25.8. The number of nitrogens with zero attached hydrogens (tertiary/aromatic N) is 4. The van der Waals surface area contributed by atoms with Crippen molar-refractivity contribution in [3.63, 3.8) is 0 Å². The van der Waals surface area contributed by atoms with Crippen LogP contribution in [0.25, 0.3) is 10.9 Å². The van der Waals surface area contributed by atoms with Gasteiger partial charge >= 0.3 is 12.0 Å². The highest BCUT2D eigenvalue weighted by molar-refractivity contribution is 5.91. The van der Waals surface area contributed by atoms with Gasteiger partial charge in [0.05, 0.1) is 12.6 Å². The summed E-state index contributed by atoms with van der Waals surface area (Å²) in [6.45, 7) is 2.51. The number of nitrogens with one attached hydrogen (secondary N) is 1. The van der Waals surface area contributed by atoms with Gasteiger partial charge in [0, 0.05) is 37.3 Å². The van der Waals surface area contributed by atoms with Crippen LogP contribution in [0.1, 0.15) is 0 Å². The van der Waals surface area contributed by atoms with E-state index >= 15 is 0 Å². The summed E-state index contributed by atoms with van der Waals surface area (Å²) in [5, 5.41) is 3.94. The van der Waals surface area contributed by atoms with E-state index in [0.717, 1.165) is 28.2 Å². The van der Waals surface area contributed by atoms with Crippen LogP contribution in [0.3, 0.4) is 0 Å². The molecule has 0 spiro atoms. The van der Waals surface area contributed by atoms with Gasteiger partial charge < -0.3 is 24.6 Å². The van der Waals surface area contributed by atoms with Gasteiger partial charge in [0.15, 0.2) is 0 Å². The number of hydrogen-bond acceptors (Lipinski definition) is 6. The van der Waals surface area contributed by atoms with Crippen molar-refractivity contribution < 1.29 is 14.3 Å². The Hall–Kier alpha value is -4.33. The van der Waals surface area contributed by atoms with Crippen molar-refractivity contribution in [2.24, 2.45) is 0 Å². The second kappa shape index (κ2) is 9.66. The monoisotopic (exact) mass is 455 g/mol. The first-order valence-corrected chi connectivity index (χ1v) is 11.1. The van der Waals surface area contributed by atoms with Crippen LogP contribution in [-0.2, 0) is 0 Å². The van der Waals surface area contributed by atoms with E-state index in [1.54, 1.807) is 7.11 Å². The van der Waals surface area contributed by atoms with E-state index in [9.17, 15) is 4.79 Å². The van der Waals surface area contributed by atoms with E-state index < -0.39 is 0 Å². The lowest BCUT2D eigenvalue weighted by Gasteiger charge is -2.35. The second-order valence-electron chi connectivity index (χ2n) is 7.89. The Labute approximate surface area is 197 Å². The minimum atomic E-state index is -0.124. The zero-order valence-corrected chi connectivity index (χ0v) is 18.8. The maximum atomic E-state index is 12.8. The van der Waals surface area contributed by atoms with Crippen molar-refractivity contribution in [2.75, 3.05) is 43.5 Å². The molecule has 8 heteroatoms. The average molecular weight is 456 g/mol. The molecule has 2 amide bonds. The fraction of sp³-hybridized carbons (Fsp3) is 0.192. The summed E-state index contributed by atoms with van der Waals surface area (Å²) < 4.78 is 11.1. The number of hydrogen-bond donors (Lipinski definition) is 1. The number of rotatable bonds is 5. The minimum absolute atomic E-state index is 0.124. The molecule has 1 aromatic heterocycles. The van der Waals surface area contributed by atoms with Crippen LogP contribution in [-0.4, -0.2) is 54.2 Å². The maximum absolute atomic E-state index is 12.8. The van der Waals surface area contributed by atoms with Crippen molar-refractivity contribution in [3.05, 3.63) is 78.9 Å². The van der Waals surface area contributed by atoms with E-state index in [4.69, 9.17) is 9.47 Å². The summed E-state index contributed by atoms with van der Waals surface area (Å²) >= 11 is 0. The molecule has 1 N–H and O–H groups in total. The molecule has 0 saturated carbocycles. The van der Waals surface area contributed by atoms with Crippen molar-refractivity contribution in [1.82, 2.24) is 14.9 Å². The third-order valence-corrected chi connectivity index (χ3v) is 5.70. The first-order valence-electron chi connectivity index (χ1n) is 11.1. The number of amides is 2. The van der Waals surface area contributed by atoms with Crippen molar-refractivity contribution in [2.45, 2.75) is 0 Å². The highest BCUT2D eigenvalue weighted by atomic mass is 16.5. The number of aromatic nitrogens is 2. The van der Waals surface area contributed by atoms with Gasteiger partial charge in [-0.2, -0.15) is 9.97 Å². The lowest BCUT2D eigenvalue weighted by atomic mass is 10.2. The standard InChI is InChI=1S/C26H25N5O3/c1-33-25-28-23-10-6-5-9-22(23)24(29-25)30-15-17-31(18-16-30)26(32)27-19-11-13-21(14-12-19)34-20-7-3-2-4-8-20/h2-14H,15-18H2,1H3,(H,27,32). The lowest BCUT2D eigenvalue weighted by molar-refractivity contribution is 0.208. The van der Waals surface area contributed by atoms with Crippen LogP contribution in [0.5, 0.6) is 17.5 Å². The fourth-order valence-corrected chi connectivity index (χ4v) is 3.93. The van der Waals surface area contributed by atoms with Crippen molar-refractivity contribution in [3.8, 4) is 17.5 Å². The number of ether oxygens (including phenoxy) is 2.